The Morgan fingerprint density at radius 3 is 2.59 bits per heavy atom. The molecule has 3 fully saturated rings. The summed E-state index contributed by atoms with van der Waals surface area (Å²) >= 11 is 2.80. The highest BCUT2D eigenvalue weighted by molar-refractivity contribution is 8.00. The van der Waals surface area contributed by atoms with Crippen molar-refractivity contribution in [2.75, 3.05) is 19.8 Å². The number of nitrogens with zero attached hydrogens (tertiary/aromatic N) is 1. The number of amides is 2. The lowest BCUT2D eigenvalue weighted by Gasteiger charge is -2.43. The number of carboxylic acid groups (broad SMARTS) is 1. The van der Waals surface area contributed by atoms with E-state index in [9.17, 15) is 24.0 Å². The number of carboxylic acids is 1. The highest BCUT2D eigenvalue weighted by Crippen LogP contribution is 2.69. The third-order valence-corrected chi connectivity index (χ3v) is 11.6. The van der Waals surface area contributed by atoms with E-state index in [0.717, 1.165) is 21.9 Å². The number of carbonyl (C=O) groups is 4. The number of hydrogen-bond acceptors (Lipinski definition) is 9. The Balaban J connectivity index is 1.29. The number of imide groups is 1. The van der Waals surface area contributed by atoms with Crippen molar-refractivity contribution in [1.29, 1.82) is 0 Å². The largest absolute Gasteiger partial charge is 0.482 e. The summed E-state index contributed by atoms with van der Waals surface area (Å²) in [6, 6.07) is 7.52. The summed E-state index contributed by atoms with van der Waals surface area (Å²) in [5.74, 6) is -1.95. The molecule has 7 atom stereocenters. The Labute approximate surface area is 244 Å². The molecule has 0 radical (unpaired) electrons. The quantitative estimate of drug-likeness (QED) is 0.225. The van der Waals surface area contributed by atoms with Gasteiger partial charge in [-0.1, -0.05) is 36.0 Å². The first kappa shape index (κ1) is 28.0. The van der Waals surface area contributed by atoms with Gasteiger partial charge >= 0.3 is 16.8 Å². The zero-order valence-electron chi connectivity index (χ0n) is 22.6. The van der Waals surface area contributed by atoms with E-state index in [0.29, 0.717) is 31.6 Å². The minimum Gasteiger partial charge on any atom is -0.482 e. The van der Waals surface area contributed by atoms with E-state index in [4.69, 9.17) is 14.6 Å². The van der Waals surface area contributed by atoms with E-state index in [2.05, 4.69) is 4.98 Å². The molecule has 218 valence electrons. The van der Waals surface area contributed by atoms with Crippen LogP contribution in [0.4, 0.5) is 0 Å². The molecular weight excluding hydrogens is 568 g/mol. The lowest BCUT2D eigenvalue weighted by molar-refractivity contribution is -0.145. The topological polar surface area (TPSA) is 143 Å². The highest BCUT2D eigenvalue weighted by Gasteiger charge is 2.69. The van der Waals surface area contributed by atoms with E-state index in [1.54, 1.807) is 18.7 Å². The maximum absolute atomic E-state index is 13.7. The number of unbranched alkanes of at least 4 members (excludes halogenated alkanes) is 2. The van der Waals surface area contributed by atoms with Crippen LogP contribution in [0.1, 0.15) is 55.4 Å². The number of thiazole rings is 1. The number of hydrogen-bond donors (Lipinski definition) is 2. The Hall–Kier alpha value is -3.12. The molecule has 2 saturated carbocycles. The lowest BCUT2D eigenvalue weighted by atomic mass is 9.68. The zero-order valence-corrected chi connectivity index (χ0v) is 24.2. The molecule has 1 aromatic heterocycles. The third kappa shape index (κ3) is 4.88. The summed E-state index contributed by atoms with van der Waals surface area (Å²) in [7, 11) is 0. The smallest absolute Gasteiger partial charge is 0.344 e. The van der Waals surface area contributed by atoms with Gasteiger partial charge in [-0.15, -0.1) is 11.8 Å². The molecule has 4 aliphatic rings. The summed E-state index contributed by atoms with van der Waals surface area (Å²) in [5.41, 5.74) is 0.861. The van der Waals surface area contributed by atoms with Crippen molar-refractivity contribution in [2.45, 2.75) is 55.2 Å². The molecule has 2 aromatic rings. The Morgan fingerprint density at radius 2 is 1.83 bits per heavy atom. The normalized spacial score (nSPS) is 29.3. The van der Waals surface area contributed by atoms with Crippen LogP contribution in [-0.2, 0) is 23.9 Å². The second-order valence-electron chi connectivity index (χ2n) is 11.1. The number of thioether (sulfide) groups is 1. The molecule has 10 nitrogen and oxygen atoms in total. The van der Waals surface area contributed by atoms with Crippen LogP contribution in [0.2, 0.25) is 0 Å². The fourth-order valence-corrected chi connectivity index (χ4v) is 10.5. The zero-order chi connectivity index (χ0) is 28.8. The van der Waals surface area contributed by atoms with Crippen molar-refractivity contribution in [1.82, 2.24) is 9.88 Å². The lowest BCUT2D eigenvalue weighted by Crippen LogP contribution is -2.42. The molecule has 1 aromatic carbocycles. The minimum absolute atomic E-state index is 0.0140. The molecule has 2 N–H and O–H groups in total. The molecule has 41 heavy (non-hydrogen) atoms. The molecule has 1 saturated heterocycles. The van der Waals surface area contributed by atoms with Crippen LogP contribution < -0.4 is 9.61 Å². The summed E-state index contributed by atoms with van der Waals surface area (Å²) < 4.78 is 11.0. The van der Waals surface area contributed by atoms with Gasteiger partial charge in [-0.2, -0.15) is 0 Å². The van der Waals surface area contributed by atoms with E-state index < -0.39 is 11.9 Å². The number of H-pyrrole nitrogens is 1. The van der Waals surface area contributed by atoms with Crippen LogP contribution in [-0.4, -0.2) is 63.8 Å². The number of para-hydroxylation sites is 1. The molecule has 3 heterocycles. The number of esters is 1. The number of ether oxygens (including phenoxy) is 2. The van der Waals surface area contributed by atoms with E-state index in [1.165, 1.54) is 16.2 Å². The number of rotatable bonds is 11. The van der Waals surface area contributed by atoms with Crippen molar-refractivity contribution in [3.05, 3.63) is 44.4 Å². The second-order valence-corrected chi connectivity index (χ2v) is 13.3. The maximum Gasteiger partial charge on any atom is 0.344 e. The molecule has 2 aliphatic heterocycles. The number of benzene rings is 1. The number of fused-ring (bicyclic) bond motifs is 9. The molecule has 2 aliphatic carbocycles. The number of likely N-dealkylation sites (tertiary alicyclic amines) is 1. The van der Waals surface area contributed by atoms with Crippen molar-refractivity contribution >= 4 is 46.9 Å². The second kappa shape index (κ2) is 11.3. The highest BCUT2D eigenvalue weighted by atomic mass is 32.2. The van der Waals surface area contributed by atoms with Crippen molar-refractivity contribution in [2.24, 2.45) is 29.6 Å². The Bertz CT molecular complexity index is 1440. The van der Waals surface area contributed by atoms with Crippen LogP contribution >= 0.6 is 23.1 Å². The predicted molar refractivity (Wildman–Crippen MR) is 150 cm³/mol. The van der Waals surface area contributed by atoms with Crippen molar-refractivity contribution < 1.29 is 33.8 Å². The van der Waals surface area contributed by atoms with Gasteiger partial charge in [0.1, 0.15) is 5.75 Å². The summed E-state index contributed by atoms with van der Waals surface area (Å²) in [6.07, 6.45) is 2.61. The summed E-state index contributed by atoms with van der Waals surface area (Å²) in [4.78, 5) is 67.9. The number of aromatic amines is 1. The van der Waals surface area contributed by atoms with Crippen LogP contribution in [0.25, 0.3) is 0 Å². The first-order valence-electron chi connectivity index (χ1n) is 14.1. The van der Waals surface area contributed by atoms with Gasteiger partial charge in [0.15, 0.2) is 6.61 Å². The number of aliphatic carboxylic acids is 1. The summed E-state index contributed by atoms with van der Waals surface area (Å²) in [5, 5.41) is 9.74. The van der Waals surface area contributed by atoms with Gasteiger partial charge in [0.05, 0.1) is 23.5 Å². The predicted octanol–water partition coefficient (Wildman–Crippen LogP) is 3.50. The van der Waals surface area contributed by atoms with Gasteiger partial charge in [0, 0.05) is 34.6 Å². The minimum atomic E-state index is -0.846. The Kier molecular flexibility index (Phi) is 7.71. The van der Waals surface area contributed by atoms with Gasteiger partial charge < -0.3 is 19.6 Å². The van der Waals surface area contributed by atoms with E-state index in [1.807, 2.05) is 24.3 Å². The van der Waals surface area contributed by atoms with E-state index >= 15 is 0 Å². The van der Waals surface area contributed by atoms with Gasteiger partial charge in [0.25, 0.3) is 0 Å². The molecule has 2 bridgehead atoms. The van der Waals surface area contributed by atoms with Crippen LogP contribution in [0.15, 0.2) is 34.1 Å². The molecule has 6 unspecified atom stereocenters. The van der Waals surface area contributed by atoms with Gasteiger partial charge in [-0.05, 0) is 50.0 Å². The van der Waals surface area contributed by atoms with Gasteiger partial charge in [-0.3, -0.25) is 24.1 Å². The molecule has 12 heteroatoms. The monoisotopic (exact) mass is 600 g/mol. The van der Waals surface area contributed by atoms with E-state index in [-0.39, 0.29) is 77.1 Å². The summed E-state index contributed by atoms with van der Waals surface area (Å²) in [6.45, 7) is 2.08. The molecule has 6 rings (SSSR count). The standard InChI is InChI=1S/C29H32N2O8S2/c1-2-38-19(34)13-39-17-9-6-5-8-14(17)20-21-15-12-16(24(21)40-26-25(20)41-29(37)30-26)23-22(15)27(35)31(28(23)36)11-7-3-4-10-18(32)33/h5-6,8-9,15-16,20-24H,2-4,7,10-13H2,1H3,(H,30,37)(H,32,33)/t15?,16?,20-,21?,22?,23?,24?/m1/s1. The number of nitrogens with one attached hydrogen (secondary N) is 1. The maximum atomic E-state index is 13.7. The Morgan fingerprint density at radius 1 is 1.07 bits per heavy atom. The SMILES string of the molecule is CCOC(=O)COc1ccccc1[C@H]1c2sc(=O)[nH]c2SC2C3CC(C4C(=O)N(CCCCCC(=O)O)C(=O)C34)C21. The molecule has 0 spiro atoms. The molecular formula is C29H32N2O8S2. The van der Waals surface area contributed by atoms with Crippen LogP contribution in [0.3, 0.4) is 0 Å². The average Bonchev–Trinajstić information content (AvgIpc) is 3.67. The first-order chi connectivity index (χ1) is 19.8. The third-order valence-electron chi connectivity index (χ3n) is 8.99. The van der Waals surface area contributed by atoms with Gasteiger partial charge in [0.2, 0.25) is 11.8 Å². The fourth-order valence-electron chi connectivity index (χ4n) is 7.58. The molecule has 2 amide bonds. The van der Waals surface area contributed by atoms with Crippen molar-refractivity contribution in [3.8, 4) is 5.75 Å². The van der Waals surface area contributed by atoms with Crippen molar-refractivity contribution in [3.63, 3.8) is 0 Å². The first-order valence-corrected chi connectivity index (χ1v) is 15.8. The fraction of sp³-hybridized carbons (Fsp3) is 0.552. The average molecular weight is 601 g/mol. The number of aromatic nitrogens is 1. The number of carbonyl (C=O) groups excluding carboxylic acids is 3. The van der Waals surface area contributed by atoms with Gasteiger partial charge in [-0.25, -0.2) is 4.79 Å². The van der Waals surface area contributed by atoms with Crippen LogP contribution in [0, 0.1) is 29.6 Å². The van der Waals surface area contributed by atoms with Crippen LogP contribution in [0.5, 0.6) is 5.75 Å².